The van der Waals surface area contributed by atoms with Crippen LogP contribution in [0.4, 0.5) is 0 Å². The van der Waals surface area contributed by atoms with E-state index in [1.807, 2.05) is 12.1 Å². The van der Waals surface area contributed by atoms with Crippen LogP contribution in [0.25, 0.3) is 0 Å². The fourth-order valence-corrected chi connectivity index (χ4v) is 3.07. The average molecular weight is 298 g/mol. The summed E-state index contributed by atoms with van der Waals surface area (Å²) in [7, 11) is 0. The fourth-order valence-electron chi connectivity index (χ4n) is 2.66. The van der Waals surface area contributed by atoms with Crippen molar-refractivity contribution in [2.75, 3.05) is 0 Å². The number of phenolic OH excluding ortho intramolecular Hbond substituents is 1. The largest absolute Gasteiger partial charge is 0.508 e. The van der Waals surface area contributed by atoms with Gasteiger partial charge in [-0.2, -0.15) is 0 Å². The Labute approximate surface area is 112 Å². The molecule has 1 N–H and O–H groups in total. The van der Waals surface area contributed by atoms with Crippen LogP contribution in [-0.2, 0) is 6.54 Å². The number of phenols is 1. The molecule has 0 saturated carbocycles. The molecule has 1 aromatic rings. The van der Waals surface area contributed by atoms with Crippen LogP contribution in [0.3, 0.4) is 0 Å². The van der Waals surface area contributed by atoms with Crippen LogP contribution in [0.5, 0.6) is 5.75 Å². The number of nitrogens with zero attached hydrogens (tertiary/aromatic N) is 1. The molecule has 2 atom stereocenters. The minimum Gasteiger partial charge on any atom is -0.508 e. The molecule has 1 saturated heterocycles. The topological polar surface area (TPSA) is 23.5 Å². The number of piperidine rings is 1. The van der Waals surface area contributed by atoms with Crippen molar-refractivity contribution < 1.29 is 5.11 Å². The maximum absolute atomic E-state index is 9.89. The molecule has 0 aliphatic carbocycles. The van der Waals surface area contributed by atoms with Crippen LogP contribution >= 0.6 is 15.9 Å². The van der Waals surface area contributed by atoms with E-state index >= 15 is 0 Å². The SMILES string of the molecule is C[C@@H]1CCC[C@H](C)N1Cc1cc(Br)ccc1O. The van der Waals surface area contributed by atoms with Crippen LogP contribution in [0.1, 0.15) is 38.7 Å². The molecule has 3 heteroatoms. The zero-order valence-electron chi connectivity index (χ0n) is 10.5. The molecule has 1 aliphatic heterocycles. The van der Waals surface area contributed by atoms with Gasteiger partial charge < -0.3 is 5.11 Å². The second kappa shape index (κ2) is 5.40. The quantitative estimate of drug-likeness (QED) is 0.894. The van der Waals surface area contributed by atoms with E-state index in [4.69, 9.17) is 0 Å². The van der Waals surface area contributed by atoms with Gasteiger partial charge in [0.1, 0.15) is 5.75 Å². The molecule has 2 rings (SSSR count). The van der Waals surface area contributed by atoms with Crippen molar-refractivity contribution in [3.63, 3.8) is 0 Å². The Balaban J connectivity index is 2.16. The first-order chi connectivity index (χ1) is 8.08. The molecule has 1 heterocycles. The normalized spacial score (nSPS) is 26.1. The van der Waals surface area contributed by atoms with E-state index in [0.29, 0.717) is 17.8 Å². The summed E-state index contributed by atoms with van der Waals surface area (Å²) >= 11 is 3.46. The van der Waals surface area contributed by atoms with Gasteiger partial charge in [0.05, 0.1) is 0 Å². The van der Waals surface area contributed by atoms with E-state index in [1.54, 1.807) is 6.07 Å². The lowest BCUT2D eigenvalue weighted by molar-refractivity contribution is 0.0943. The standard InChI is InChI=1S/C14H20BrNO/c1-10-4-3-5-11(2)16(10)9-12-8-13(15)6-7-14(12)17/h6-8,10-11,17H,3-5,9H2,1-2H3/t10-,11+. The molecule has 0 radical (unpaired) electrons. The van der Waals surface area contributed by atoms with E-state index in [1.165, 1.54) is 19.3 Å². The molecule has 0 spiro atoms. The first-order valence-electron chi connectivity index (χ1n) is 6.31. The van der Waals surface area contributed by atoms with Crippen LogP contribution in [0.15, 0.2) is 22.7 Å². The van der Waals surface area contributed by atoms with E-state index in [9.17, 15) is 5.11 Å². The summed E-state index contributed by atoms with van der Waals surface area (Å²) in [4.78, 5) is 2.49. The van der Waals surface area contributed by atoms with Crippen molar-refractivity contribution in [3.8, 4) is 5.75 Å². The van der Waals surface area contributed by atoms with Crippen LogP contribution in [0, 0.1) is 0 Å². The molecular weight excluding hydrogens is 278 g/mol. The Morgan fingerprint density at radius 2 is 1.94 bits per heavy atom. The lowest BCUT2D eigenvalue weighted by Gasteiger charge is -2.39. The highest BCUT2D eigenvalue weighted by Crippen LogP contribution is 2.28. The van der Waals surface area contributed by atoms with Gasteiger partial charge >= 0.3 is 0 Å². The van der Waals surface area contributed by atoms with Gasteiger partial charge in [0, 0.05) is 28.7 Å². The zero-order chi connectivity index (χ0) is 12.4. The monoisotopic (exact) mass is 297 g/mol. The minimum absolute atomic E-state index is 0.401. The number of aromatic hydroxyl groups is 1. The third-order valence-electron chi connectivity index (χ3n) is 3.77. The highest BCUT2D eigenvalue weighted by molar-refractivity contribution is 9.10. The minimum atomic E-state index is 0.401. The van der Waals surface area contributed by atoms with Gasteiger partial charge in [0.25, 0.3) is 0 Å². The van der Waals surface area contributed by atoms with Gasteiger partial charge in [-0.05, 0) is 44.9 Å². The number of hydrogen-bond acceptors (Lipinski definition) is 2. The summed E-state index contributed by atoms with van der Waals surface area (Å²) in [6.45, 7) is 5.41. The second-order valence-corrected chi connectivity index (χ2v) is 5.99. The Kier molecular flexibility index (Phi) is 4.10. The highest BCUT2D eigenvalue weighted by Gasteiger charge is 2.25. The third-order valence-corrected chi connectivity index (χ3v) is 4.26. The second-order valence-electron chi connectivity index (χ2n) is 5.07. The first-order valence-corrected chi connectivity index (χ1v) is 7.10. The fraction of sp³-hybridized carbons (Fsp3) is 0.571. The summed E-state index contributed by atoms with van der Waals surface area (Å²) in [5, 5.41) is 9.89. The Morgan fingerprint density at radius 1 is 1.29 bits per heavy atom. The predicted octanol–water partition coefficient (Wildman–Crippen LogP) is 3.92. The number of benzene rings is 1. The lowest BCUT2D eigenvalue weighted by Crippen LogP contribution is -2.42. The Bertz CT molecular complexity index is 384. The molecule has 1 aliphatic rings. The van der Waals surface area contributed by atoms with E-state index in [0.717, 1.165) is 16.6 Å². The molecule has 0 amide bonds. The molecule has 2 nitrogen and oxygen atoms in total. The van der Waals surface area contributed by atoms with Crippen molar-refractivity contribution in [3.05, 3.63) is 28.2 Å². The molecule has 1 aromatic carbocycles. The molecule has 0 aromatic heterocycles. The van der Waals surface area contributed by atoms with Gasteiger partial charge in [0.2, 0.25) is 0 Å². The zero-order valence-corrected chi connectivity index (χ0v) is 12.1. The smallest absolute Gasteiger partial charge is 0.120 e. The van der Waals surface area contributed by atoms with Crippen molar-refractivity contribution in [2.45, 2.75) is 51.7 Å². The first kappa shape index (κ1) is 12.9. The molecular formula is C14H20BrNO. The summed E-state index contributed by atoms with van der Waals surface area (Å²) in [5.74, 6) is 0.401. The molecule has 17 heavy (non-hydrogen) atoms. The molecule has 0 bridgehead atoms. The van der Waals surface area contributed by atoms with Gasteiger partial charge in [-0.15, -0.1) is 0 Å². The van der Waals surface area contributed by atoms with Gasteiger partial charge in [-0.25, -0.2) is 0 Å². The summed E-state index contributed by atoms with van der Waals surface area (Å²) < 4.78 is 1.03. The summed E-state index contributed by atoms with van der Waals surface area (Å²) in [5.41, 5.74) is 1.01. The van der Waals surface area contributed by atoms with E-state index in [-0.39, 0.29) is 0 Å². The van der Waals surface area contributed by atoms with E-state index < -0.39 is 0 Å². The summed E-state index contributed by atoms with van der Waals surface area (Å²) in [6.07, 6.45) is 3.85. The third kappa shape index (κ3) is 3.02. The molecule has 1 fully saturated rings. The van der Waals surface area contributed by atoms with Gasteiger partial charge in [-0.3, -0.25) is 4.90 Å². The van der Waals surface area contributed by atoms with Crippen LogP contribution in [-0.4, -0.2) is 22.1 Å². The van der Waals surface area contributed by atoms with Crippen LogP contribution < -0.4 is 0 Å². The average Bonchev–Trinajstić information content (AvgIpc) is 2.28. The number of rotatable bonds is 2. The van der Waals surface area contributed by atoms with Crippen LogP contribution in [0.2, 0.25) is 0 Å². The maximum atomic E-state index is 9.89. The Morgan fingerprint density at radius 3 is 2.59 bits per heavy atom. The summed E-state index contributed by atoms with van der Waals surface area (Å²) in [6, 6.07) is 6.87. The van der Waals surface area contributed by atoms with E-state index in [2.05, 4.69) is 34.7 Å². The lowest BCUT2D eigenvalue weighted by atomic mass is 9.96. The van der Waals surface area contributed by atoms with Gasteiger partial charge in [-0.1, -0.05) is 22.4 Å². The number of hydrogen-bond donors (Lipinski definition) is 1. The number of halogens is 1. The van der Waals surface area contributed by atoms with Crippen molar-refractivity contribution >= 4 is 15.9 Å². The Hall–Kier alpha value is -0.540. The van der Waals surface area contributed by atoms with Crippen molar-refractivity contribution in [2.24, 2.45) is 0 Å². The van der Waals surface area contributed by atoms with Crippen molar-refractivity contribution in [1.29, 1.82) is 0 Å². The van der Waals surface area contributed by atoms with Gasteiger partial charge in [0.15, 0.2) is 0 Å². The molecule has 94 valence electrons. The maximum Gasteiger partial charge on any atom is 0.120 e. The van der Waals surface area contributed by atoms with Crippen molar-refractivity contribution in [1.82, 2.24) is 4.90 Å². The number of likely N-dealkylation sites (tertiary alicyclic amines) is 1. The predicted molar refractivity (Wildman–Crippen MR) is 74.1 cm³/mol. The molecule has 0 unspecified atom stereocenters. The highest BCUT2D eigenvalue weighted by atomic mass is 79.9.